The van der Waals surface area contributed by atoms with E-state index in [0.29, 0.717) is 24.8 Å². The lowest BCUT2D eigenvalue weighted by Crippen LogP contribution is -2.30. The molecule has 0 bridgehead atoms. The van der Waals surface area contributed by atoms with Crippen molar-refractivity contribution < 1.29 is 13.2 Å². The van der Waals surface area contributed by atoms with Gasteiger partial charge in [0.1, 0.15) is 10.6 Å². The highest BCUT2D eigenvalue weighted by atomic mass is 79.9. The molecule has 1 atom stereocenters. The highest BCUT2D eigenvalue weighted by Gasteiger charge is 2.34. The summed E-state index contributed by atoms with van der Waals surface area (Å²) in [6.45, 7) is 1.95. The number of benzene rings is 1. The molecule has 1 aromatic rings. The van der Waals surface area contributed by atoms with Gasteiger partial charge in [-0.2, -0.15) is 4.31 Å². The van der Waals surface area contributed by atoms with E-state index in [-0.39, 0.29) is 4.90 Å². The van der Waals surface area contributed by atoms with Gasteiger partial charge in [0.15, 0.2) is 0 Å². The summed E-state index contributed by atoms with van der Waals surface area (Å²) >= 11 is 3.31. The number of hydrogen-bond donors (Lipinski definition) is 1. The Morgan fingerprint density at radius 3 is 2.90 bits per heavy atom. The highest BCUT2D eigenvalue weighted by Crippen LogP contribution is 2.32. The van der Waals surface area contributed by atoms with Crippen LogP contribution in [0.3, 0.4) is 0 Å². The molecule has 1 saturated heterocycles. The van der Waals surface area contributed by atoms with Crippen LogP contribution in [-0.2, 0) is 10.0 Å². The van der Waals surface area contributed by atoms with Gasteiger partial charge in [-0.15, -0.1) is 0 Å². The van der Waals surface area contributed by atoms with Crippen LogP contribution in [0.25, 0.3) is 0 Å². The van der Waals surface area contributed by atoms with E-state index in [4.69, 9.17) is 4.74 Å². The zero-order chi connectivity index (χ0) is 14.8. The fraction of sp³-hybridized carbons (Fsp3) is 0.538. The molecule has 1 heterocycles. The summed E-state index contributed by atoms with van der Waals surface area (Å²) in [7, 11) is -0.139. The van der Waals surface area contributed by atoms with E-state index < -0.39 is 10.0 Å². The molecule has 0 spiro atoms. The quantitative estimate of drug-likeness (QED) is 0.865. The van der Waals surface area contributed by atoms with Gasteiger partial charge in [-0.05, 0) is 44.1 Å². The molecule has 7 heteroatoms. The molecule has 0 amide bonds. The van der Waals surface area contributed by atoms with Gasteiger partial charge in [0.25, 0.3) is 0 Å². The average molecular weight is 363 g/mol. The minimum absolute atomic E-state index is 0.222. The van der Waals surface area contributed by atoms with E-state index in [0.717, 1.165) is 17.4 Å². The Bertz CT molecular complexity index is 577. The zero-order valence-electron chi connectivity index (χ0n) is 11.6. The van der Waals surface area contributed by atoms with Crippen molar-refractivity contribution in [3.8, 4) is 5.75 Å². The molecule has 112 valence electrons. The molecule has 0 saturated carbocycles. The Morgan fingerprint density at radius 1 is 1.50 bits per heavy atom. The van der Waals surface area contributed by atoms with Crippen molar-refractivity contribution in [3.63, 3.8) is 0 Å². The summed E-state index contributed by atoms with van der Waals surface area (Å²) < 4.78 is 32.9. The van der Waals surface area contributed by atoms with Crippen molar-refractivity contribution in [2.45, 2.75) is 11.3 Å². The first kappa shape index (κ1) is 15.8. The second-order valence-corrected chi connectivity index (χ2v) is 7.69. The van der Waals surface area contributed by atoms with Crippen molar-refractivity contribution in [1.82, 2.24) is 9.62 Å². The third-order valence-electron chi connectivity index (χ3n) is 3.48. The molecular weight excluding hydrogens is 344 g/mol. The van der Waals surface area contributed by atoms with Crippen LogP contribution < -0.4 is 10.1 Å². The number of halogens is 1. The van der Waals surface area contributed by atoms with Gasteiger partial charge in [-0.3, -0.25) is 0 Å². The summed E-state index contributed by atoms with van der Waals surface area (Å²) in [4.78, 5) is 0.222. The van der Waals surface area contributed by atoms with E-state index in [2.05, 4.69) is 21.2 Å². The summed E-state index contributed by atoms with van der Waals surface area (Å²) in [6, 6.07) is 5.03. The maximum absolute atomic E-state index is 12.7. The molecule has 2 rings (SSSR count). The first-order chi connectivity index (χ1) is 9.48. The summed E-state index contributed by atoms with van der Waals surface area (Å²) in [5.74, 6) is 0.748. The third-order valence-corrected chi connectivity index (χ3v) is 5.86. The van der Waals surface area contributed by atoms with Crippen LogP contribution in [0.4, 0.5) is 0 Å². The Hall–Kier alpha value is -0.630. The number of rotatable bonds is 5. The average Bonchev–Trinajstić information content (AvgIpc) is 2.88. The maximum Gasteiger partial charge on any atom is 0.246 e. The van der Waals surface area contributed by atoms with E-state index in [1.165, 1.54) is 7.11 Å². The van der Waals surface area contributed by atoms with Crippen LogP contribution in [0.15, 0.2) is 27.6 Å². The van der Waals surface area contributed by atoms with E-state index in [1.54, 1.807) is 22.5 Å². The molecule has 0 radical (unpaired) electrons. The molecule has 1 aromatic carbocycles. The van der Waals surface area contributed by atoms with Crippen LogP contribution in [0.2, 0.25) is 0 Å². The molecule has 5 nitrogen and oxygen atoms in total. The maximum atomic E-state index is 12.7. The summed E-state index contributed by atoms with van der Waals surface area (Å²) in [6.07, 6.45) is 0.885. The Labute approximate surface area is 128 Å². The predicted molar refractivity (Wildman–Crippen MR) is 81.5 cm³/mol. The lowest BCUT2D eigenvalue weighted by molar-refractivity contribution is 0.397. The van der Waals surface area contributed by atoms with Crippen LogP contribution in [0.5, 0.6) is 5.75 Å². The SMILES string of the molecule is CNC[C@@H]1CCN(S(=O)(=O)c2cc(Br)ccc2OC)C1. The number of hydrogen-bond acceptors (Lipinski definition) is 4. The summed E-state index contributed by atoms with van der Waals surface area (Å²) in [5, 5.41) is 3.10. The largest absolute Gasteiger partial charge is 0.495 e. The van der Waals surface area contributed by atoms with Crippen molar-refractivity contribution in [2.24, 2.45) is 5.92 Å². The first-order valence-electron chi connectivity index (χ1n) is 6.47. The molecule has 0 aliphatic carbocycles. The van der Waals surface area contributed by atoms with Crippen LogP contribution in [-0.4, -0.2) is 46.5 Å². The molecule has 0 aromatic heterocycles. The van der Waals surface area contributed by atoms with Crippen molar-refractivity contribution in [3.05, 3.63) is 22.7 Å². The number of sulfonamides is 1. The minimum atomic E-state index is -3.50. The van der Waals surface area contributed by atoms with Crippen LogP contribution in [0, 0.1) is 5.92 Å². The predicted octanol–water partition coefficient (Wildman–Crippen LogP) is 1.69. The highest BCUT2D eigenvalue weighted by molar-refractivity contribution is 9.10. The van der Waals surface area contributed by atoms with Gasteiger partial charge in [0.2, 0.25) is 10.0 Å². The molecular formula is C13H19BrN2O3S. The van der Waals surface area contributed by atoms with Crippen LogP contribution in [0.1, 0.15) is 6.42 Å². The molecule has 1 aliphatic rings. The number of methoxy groups -OCH3 is 1. The Kier molecular flexibility index (Phi) is 5.06. The van der Waals surface area contributed by atoms with E-state index >= 15 is 0 Å². The fourth-order valence-corrected chi connectivity index (χ4v) is 4.69. The van der Waals surface area contributed by atoms with Gasteiger partial charge in [-0.25, -0.2) is 8.42 Å². The van der Waals surface area contributed by atoms with Gasteiger partial charge >= 0.3 is 0 Å². The smallest absolute Gasteiger partial charge is 0.246 e. The van der Waals surface area contributed by atoms with Gasteiger partial charge in [0, 0.05) is 17.6 Å². The van der Waals surface area contributed by atoms with Gasteiger partial charge in [0.05, 0.1) is 7.11 Å². The van der Waals surface area contributed by atoms with Crippen molar-refractivity contribution in [2.75, 3.05) is 33.8 Å². The first-order valence-corrected chi connectivity index (χ1v) is 8.70. The summed E-state index contributed by atoms with van der Waals surface area (Å²) in [5.41, 5.74) is 0. The number of nitrogens with zero attached hydrogens (tertiary/aromatic N) is 1. The molecule has 1 fully saturated rings. The van der Waals surface area contributed by atoms with E-state index in [1.807, 2.05) is 7.05 Å². The van der Waals surface area contributed by atoms with Crippen LogP contribution >= 0.6 is 15.9 Å². The second-order valence-electron chi connectivity index (χ2n) is 4.87. The van der Waals surface area contributed by atoms with Crippen molar-refractivity contribution in [1.29, 1.82) is 0 Å². The fourth-order valence-electron chi connectivity index (χ4n) is 2.46. The lowest BCUT2D eigenvalue weighted by Gasteiger charge is -2.18. The second kappa shape index (κ2) is 6.43. The van der Waals surface area contributed by atoms with Crippen molar-refractivity contribution >= 4 is 26.0 Å². The van der Waals surface area contributed by atoms with Gasteiger partial charge < -0.3 is 10.1 Å². The molecule has 1 aliphatic heterocycles. The minimum Gasteiger partial charge on any atom is -0.495 e. The van der Waals surface area contributed by atoms with Gasteiger partial charge in [-0.1, -0.05) is 15.9 Å². The standard InChI is InChI=1S/C13H19BrN2O3S/c1-15-8-10-5-6-16(9-10)20(17,18)13-7-11(14)3-4-12(13)19-2/h3-4,7,10,15H,5-6,8-9H2,1-2H3/t10-/m0/s1. The zero-order valence-corrected chi connectivity index (χ0v) is 14.0. The topological polar surface area (TPSA) is 58.6 Å². The number of nitrogens with one attached hydrogen (secondary N) is 1. The Morgan fingerprint density at radius 2 is 2.25 bits per heavy atom. The number of ether oxygens (including phenoxy) is 1. The molecule has 20 heavy (non-hydrogen) atoms. The third kappa shape index (κ3) is 3.16. The van der Waals surface area contributed by atoms with E-state index in [9.17, 15) is 8.42 Å². The lowest BCUT2D eigenvalue weighted by atomic mass is 10.1. The molecule has 0 unspecified atom stereocenters. The monoisotopic (exact) mass is 362 g/mol. The normalized spacial score (nSPS) is 20.2. The molecule has 1 N–H and O–H groups in total. The Balaban J connectivity index is 2.29.